The lowest BCUT2D eigenvalue weighted by atomic mass is 10.2. The molecule has 9 heteroatoms. The predicted octanol–water partition coefficient (Wildman–Crippen LogP) is 3.21. The fourth-order valence-electron chi connectivity index (χ4n) is 2.32. The van der Waals surface area contributed by atoms with Crippen LogP contribution in [-0.2, 0) is 23.1 Å². The van der Waals surface area contributed by atoms with Crippen LogP contribution in [0.1, 0.15) is 17.4 Å². The Morgan fingerprint density at radius 2 is 1.78 bits per heavy atom. The van der Waals surface area contributed by atoms with Crippen molar-refractivity contribution >= 4 is 51.3 Å². The van der Waals surface area contributed by atoms with E-state index in [2.05, 4.69) is 27.3 Å². The number of halogens is 1. The Morgan fingerprint density at radius 3 is 2.37 bits per heavy atom. The molecule has 0 atom stereocenters. The molecular weight excluding hydrogens is 495 g/mol. The number of thiophene rings is 1. The minimum atomic E-state index is -3.38. The molecule has 0 aliphatic rings. The van der Waals surface area contributed by atoms with Gasteiger partial charge < -0.3 is 10.2 Å². The van der Waals surface area contributed by atoms with Crippen LogP contribution in [0.4, 0.5) is 0 Å². The lowest BCUT2D eigenvalue weighted by Crippen LogP contribution is -2.38. The van der Waals surface area contributed by atoms with Crippen molar-refractivity contribution < 1.29 is 8.42 Å². The Kier molecular flexibility index (Phi) is 9.71. The van der Waals surface area contributed by atoms with Gasteiger partial charge >= 0.3 is 0 Å². The standard InChI is InChI=1S/C18H26N4O2S2.HI/c1-5-19-18(22(4)14-15-9-7-6-8-10-15)20-13-16-11-12-17(25-16)26(23,24)21(2)3;/h6-12H,5,13-14H2,1-4H3,(H,19,20);1H. The Labute approximate surface area is 183 Å². The van der Waals surface area contributed by atoms with Crippen molar-refractivity contribution in [2.24, 2.45) is 4.99 Å². The molecule has 0 unspecified atom stereocenters. The molecule has 1 aromatic heterocycles. The molecule has 1 heterocycles. The summed E-state index contributed by atoms with van der Waals surface area (Å²) in [7, 11) is 1.68. The van der Waals surface area contributed by atoms with Crippen molar-refractivity contribution in [2.75, 3.05) is 27.7 Å². The van der Waals surface area contributed by atoms with Crippen LogP contribution in [0.25, 0.3) is 0 Å². The first-order valence-electron chi connectivity index (χ1n) is 8.39. The molecule has 2 rings (SSSR count). The van der Waals surface area contributed by atoms with E-state index in [0.717, 1.165) is 23.9 Å². The van der Waals surface area contributed by atoms with Crippen LogP contribution in [0.2, 0.25) is 0 Å². The molecule has 0 fully saturated rings. The molecule has 0 radical (unpaired) electrons. The minimum absolute atomic E-state index is 0. The number of hydrogen-bond acceptors (Lipinski definition) is 4. The highest BCUT2D eigenvalue weighted by atomic mass is 127. The summed E-state index contributed by atoms with van der Waals surface area (Å²) in [5, 5.41) is 3.28. The van der Waals surface area contributed by atoms with Gasteiger partial charge in [0.2, 0.25) is 0 Å². The molecular formula is C18H27IN4O2S2. The molecule has 150 valence electrons. The minimum Gasteiger partial charge on any atom is -0.357 e. The van der Waals surface area contributed by atoms with Crippen LogP contribution in [0.5, 0.6) is 0 Å². The van der Waals surface area contributed by atoms with Gasteiger partial charge in [-0.05, 0) is 24.6 Å². The van der Waals surface area contributed by atoms with E-state index in [-0.39, 0.29) is 24.0 Å². The summed E-state index contributed by atoms with van der Waals surface area (Å²) in [6, 6.07) is 13.7. The van der Waals surface area contributed by atoms with Crippen LogP contribution in [0, 0.1) is 0 Å². The third-order valence-electron chi connectivity index (χ3n) is 3.72. The second-order valence-corrected chi connectivity index (χ2v) is 9.57. The predicted molar refractivity (Wildman–Crippen MR) is 123 cm³/mol. The van der Waals surface area contributed by atoms with E-state index in [0.29, 0.717) is 10.8 Å². The first-order valence-corrected chi connectivity index (χ1v) is 10.6. The fraction of sp³-hybridized carbons (Fsp3) is 0.389. The van der Waals surface area contributed by atoms with E-state index in [1.165, 1.54) is 35.3 Å². The highest BCUT2D eigenvalue weighted by molar-refractivity contribution is 14.0. The molecule has 1 aromatic carbocycles. The maximum absolute atomic E-state index is 12.2. The molecule has 6 nitrogen and oxygen atoms in total. The number of nitrogens with zero attached hydrogens (tertiary/aromatic N) is 3. The van der Waals surface area contributed by atoms with Gasteiger partial charge in [-0.15, -0.1) is 35.3 Å². The summed E-state index contributed by atoms with van der Waals surface area (Å²) in [5.74, 6) is 0.793. The van der Waals surface area contributed by atoms with Crippen molar-refractivity contribution in [2.45, 2.75) is 24.2 Å². The third kappa shape index (κ3) is 6.74. The summed E-state index contributed by atoms with van der Waals surface area (Å²) < 4.78 is 25.9. The SMILES string of the molecule is CCNC(=NCc1ccc(S(=O)(=O)N(C)C)s1)N(C)Cc1ccccc1.I. The second kappa shape index (κ2) is 11.0. The van der Waals surface area contributed by atoms with E-state index in [1.807, 2.05) is 38.2 Å². The third-order valence-corrected chi connectivity index (χ3v) is 7.07. The first-order chi connectivity index (χ1) is 12.3. The van der Waals surface area contributed by atoms with E-state index >= 15 is 0 Å². The number of guanidine groups is 1. The summed E-state index contributed by atoms with van der Waals surface area (Å²) in [5.41, 5.74) is 1.20. The van der Waals surface area contributed by atoms with Crippen molar-refractivity contribution in [3.8, 4) is 0 Å². The number of aliphatic imine (C=N–C) groups is 1. The summed E-state index contributed by atoms with van der Waals surface area (Å²) >= 11 is 1.26. The van der Waals surface area contributed by atoms with E-state index in [9.17, 15) is 8.42 Å². The van der Waals surface area contributed by atoms with Crippen molar-refractivity contribution in [3.05, 3.63) is 52.9 Å². The Morgan fingerprint density at radius 1 is 1.11 bits per heavy atom. The fourth-order valence-corrected chi connectivity index (χ4v) is 4.77. The number of benzene rings is 1. The molecule has 2 aromatic rings. The van der Waals surface area contributed by atoms with Gasteiger partial charge in [0.1, 0.15) is 4.21 Å². The number of nitrogens with one attached hydrogen (secondary N) is 1. The molecule has 0 saturated heterocycles. The lowest BCUT2D eigenvalue weighted by Gasteiger charge is -2.22. The van der Waals surface area contributed by atoms with Crippen molar-refractivity contribution in [1.29, 1.82) is 0 Å². The topological polar surface area (TPSA) is 65.0 Å². The maximum atomic E-state index is 12.2. The summed E-state index contributed by atoms with van der Waals surface area (Å²) in [6.45, 7) is 3.98. The van der Waals surface area contributed by atoms with Crippen LogP contribution in [0.15, 0.2) is 51.7 Å². The molecule has 0 aliphatic carbocycles. The summed E-state index contributed by atoms with van der Waals surface area (Å²) in [6.07, 6.45) is 0. The molecule has 27 heavy (non-hydrogen) atoms. The van der Waals surface area contributed by atoms with E-state index in [4.69, 9.17) is 0 Å². The molecule has 0 bridgehead atoms. The smallest absolute Gasteiger partial charge is 0.252 e. The average Bonchev–Trinajstić information content (AvgIpc) is 3.09. The number of sulfonamides is 1. The van der Waals surface area contributed by atoms with Gasteiger partial charge in [0.05, 0.1) is 6.54 Å². The zero-order valence-electron chi connectivity index (χ0n) is 16.0. The van der Waals surface area contributed by atoms with Gasteiger partial charge in [0.15, 0.2) is 5.96 Å². The zero-order chi connectivity index (χ0) is 19.2. The summed E-state index contributed by atoms with van der Waals surface area (Å²) in [4.78, 5) is 7.62. The van der Waals surface area contributed by atoms with Gasteiger partial charge in [-0.3, -0.25) is 0 Å². The van der Waals surface area contributed by atoms with Crippen molar-refractivity contribution in [3.63, 3.8) is 0 Å². The Bertz CT molecular complexity index is 836. The molecule has 0 amide bonds. The Hall–Kier alpha value is -1.17. The van der Waals surface area contributed by atoms with Crippen LogP contribution < -0.4 is 5.32 Å². The zero-order valence-corrected chi connectivity index (χ0v) is 20.0. The molecule has 0 aliphatic heterocycles. The van der Waals surface area contributed by atoms with Crippen LogP contribution in [0.3, 0.4) is 0 Å². The van der Waals surface area contributed by atoms with E-state index in [1.54, 1.807) is 6.07 Å². The van der Waals surface area contributed by atoms with E-state index < -0.39 is 10.0 Å². The molecule has 0 spiro atoms. The van der Waals surface area contributed by atoms with Gasteiger partial charge in [0.25, 0.3) is 10.0 Å². The lowest BCUT2D eigenvalue weighted by molar-refractivity contribution is 0.477. The Balaban J connectivity index is 0.00000364. The van der Waals surface area contributed by atoms with Gasteiger partial charge in [0, 0.05) is 39.1 Å². The molecule has 1 N–H and O–H groups in total. The van der Waals surface area contributed by atoms with Gasteiger partial charge in [-0.25, -0.2) is 17.7 Å². The maximum Gasteiger partial charge on any atom is 0.252 e. The second-order valence-electron chi connectivity index (χ2n) is 6.02. The van der Waals surface area contributed by atoms with Crippen LogP contribution >= 0.6 is 35.3 Å². The number of hydrogen-bond donors (Lipinski definition) is 1. The quantitative estimate of drug-likeness (QED) is 0.345. The van der Waals surface area contributed by atoms with Gasteiger partial charge in [-0.1, -0.05) is 30.3 Å². The first kappa shape index (κ1) is 23.9. The highest BCUT2D eigenvalue weighted by Gasteiger charge is 2.19. The van der Waals surface area contributed by atoms with Gasteiger partial charge in [-0.2, -0.15) is 0 Å². The average molecular weight is 522 g/mol. The molecule has 0 saturated carbocycles. The monoisotopic (exact) mass is 522 g/mol. The highest BCUT2D eigenvalue weighted by Crippen LogP contribution is 2.24. The number of rotatable bonds is 7. The van der Waals surface area contributed by atoms with Crippen molar-refractivity contribution in [1.82, 2.24) is 14.5 Å². The normalized spacial score (nSPS) is 12.0. The largest absolute Gasteiger partial charge is 0.357 e. The van der Waals surface area contributed by atoms with Crippen LogP contribution in [-0.4, -0.2) is 51.3 Å².